The number of amides is 1. The molecule has 2 rings (SSSR count). The zero-order chi connectivity index (χ0) is 19.4. The fraction of sp³-hybridized carbons (Fsp3) is 0.900. The van der Waals surface area contributed by atoms with Crippen molar-refractivity contribution in [1.29, 1.82) is 0 Å². The predicted octanol–water partition coefficient (Wildman–Crippen LogP) is 3.81. The SMILES string of the molecule is CC1(C)COC(CC(O)[C@H](CC2CCCCC2)NC(=O)OC(C)(C)C)=N1. The summed E-state index contributed by atoms with van der Waals surface area (Å²) in [5.74, 6) is 1.10. The van der Waals surface area contributed by atoms with E-state index in [0.717, 1.165) is 19.3 Å². The Labute approximate surface area is 157 Å². The van der Waals surface area contributed by atoms with Gasteiger partial charge in [0, 0.05) is 0 Å². The monoisotopic (exact) mass is 368 g/mol. The van der Waals surface area contributed by atoms with Crippen LogP contribution in [0, 0.1) is 5.92 Å². The molecule has 0 aromatic rings. The summed E-state index contributed by atoms with van der Waals surface area (Å²) >= 11 is 0. The summed E-state index contributed by atoms with van der Waals surface area (Å²) in [6, 6.07) is -0.358. The highest BCUT2D eigenvalue weighted by molar-refractivity contribution is 5.79. The molecular weight excluding hydrogens is 332 g/mol. The van der Waals surface area contributed by atoms with Gasteiger partial charge in [-0.15, -0.1) is 0 Å². The van der Waals surface area contributed by atoms with Gasteiger partial charge in [0.25, 0.3) is 0 Å². The standard InChI is InChI=1S/C20H36N2O4/c1-19(2,3)26-18(24)21-15(11-14-9-7-6-8-10-14)16(23)12-17-22-20(4,5)13-25-17/h14-16,23H,6-13H2,1-5H3,(H,21,24)/t15-,16?/m0/s1. The third-order valence-electron chi connectivity index (χ3n) is 4.88. The molecule has 0 aromatic heterocycles. The average molecular weight is 369 g/mol. The molecule has 2 N–H and O–H groups in total. The Bertz CT molecular complexity index is 504. The molecule has 26 heavy (non-hydrogen) atoms. The van der Waals surface area contributed by atoms with Gasteiger partial charge in [-0.05, 0) is 47.0 Å². The highest BCUT2D eigenvalue weighted by atomic mass is 16.6. The lowest BCUT2D eigenvalue weighted by atomic mass is 9.83. The number of alkyl carbamates (subject to hydrolysis) is 1. The summed E-state index contributed by atoms with van der Waals surface area (Å²) < 4.78 is 11.0. The third kappa shape index (κ3) is 7.14. The molecule has 2 atom stereocenters. The van der Waals surface area contributed by atoms with E-state index in [0.29, 0.717) is 24.8 Å². The quantitative estimate of drug-likeness (QED) is 0.747. The van der Waals surface area contributed by atoms with Crippen LogP contribution in [0.5, 0.6) is 0 Å². The molecule has 1 fully saturated rings. The van der Waals surface area contributed by atoms with Gasteiger partial charge in [-0.1, -0.05) is 32.1 Å². The topological polar surface area (TPSA) is 80.2 Å². The second-order valence-corrected chi connectivity index (χ2v) is 9.37. The van der Waals surface area contributed by atoms with E-state index in [9.17, 15) is 9.90 Å². The van der Waals surface area contributed by atoms with Gasteiger partial charge in [-0.3, -0.25) is 0 Å². The second-order valence-electron chi connectivity index (χ2n) is 9.37. The molecule has 0 bridgehead atoms. The van der Waals surface area contributed by atoms with Crippen molar-refractivity contribution < 1.29 is 19.4 Å². The van der Waals surface area contributed by atoms with E-state index < -0.39 is 17.8 Å². The molecule has 1 heterocycles. The van der Waals surface area contributed by atoms with Crippen LogP contribution in [-0.2, 0) is 9.47 Å². The molecule has 1 unspecified atom stereocenters. The molecule has 1 aliphatic carbocycles. The molecule has 1 amide bonds. The van der Waals surface area contributed by atoms with Crippen LogP contribution in [-0.4, -0.2) is 47.0 Å². The van der Waals surface area contributed by atoms with Crippen molar-refractivity contribution in [2.45, 2.75) is 103 Å². The van der Waals surface area contributed by atoms with E-state index in [-0.39, 0.29) is 11.6 Å². The molecule has 0 spiro atoms. The van der Waals surface area contributed by atoms with E-state index in [2.05, 4.69) is 10.3 Å². The van der Waals surface area contributed by atoms with Crippen molar-refractivity contribution in [2.24, 2.45) is 10.9 Å². The molecule has 6 nitrogen and oxygen atoms in total. The number of ether oxygens (including phenoxy) is 2. The van der Waals surface area contributed by atoms with E-state index in [4.69, 9.17) is 9.47 Å². The molecule has 1 aliphatic heterocycles. The van der Waals surface area contributed by atoms with Crippen LogP contribution in [0.3, 0.4) is 0 Å². The van der Waals surface area contributed by atoms with Gasteiger partial charge in [0.1, 0.15) is 12.2 Å². The summed E-state index contributed by atoms with van der Waals surface area (Å²) in [6.45, 7) is 10.0. The van der Waals surface area contributed by atoms with Crippen molar-refractivity contribution in [3.8, 4) is 0 Å². The number of aliphatic imine (C=N–C) groups is 1. The van der Waals surface area contributed by atoms with Crippen molar-refractivity contribution in [2.75, 3.05) is 6.61 Å². The van der Waals surface area contributed by atoms with Crippen molar-refractivity contribution >= 4 is 12.0 Å². The summed E-state index contributed by atoms with van der Waals surface area (Å²) in [5, 5.41) is 13.7. The number of hydrogen-bond acceptors (Lipinski definition) is 5. The first-order valence-corrected chi connectivity index (χ1v) is 9.93. The number of nitrogens with one attached hydrogen (secondary N) is 1. The van der Waals surface area contributed by atoms with Gasteiger partial charge >= 0.3 is 6.09 Å². The summed E-state index contributed by atoms with van der Waals surface area (Å²) in [7, 11) is 0. The molecular formula is C20H36N2O4. The number of nitrogens with zero attached hydrogens (tertiary/aromatic N) is 1. The molecule has 0 aromatic carbocycles. The maximum Gasteiger partial charge on any atom is 0.407 e. The van der Waals surface area contributed by atoms with Gasteiger partial charge in [-0.25, -0.2) is 9.79 Å². The number of carbonyl (C=O) groups excluding carboxylic acids is 1. The van der Waals surface area contributed by atoms with Crippen LogP contribution in [0.25, 0.3) is 0 Å². The van der Waals surface area contributed by atoms with Gasteiger partial charge in [0.2, 0.25) is 0 Å². The lowest BCUT2D eigenvalue weighted by Crippen LogP contribution is -2.47. The highest BCUT2D eigenvalue weighted by Gasteiger charge is 2.32. The van der Waals surface area contributed by atoms with E-state index >= 15 is 0 Å². The molecule has 0 radical (unpaired) electrons. The first kappa shape index (κ1) is 21.0. The zero-order valence-corrected chi connectivity index (χ0v) is 17.0. The minimum atomic E-state index is -0.739. The number of hydrogen-bond donors (Lipinski definition) is 2. The Kier molecular flexibility index (Phi) is 6.94. The number of aliphatic hydroxyl groups excluding tert-OH is 1. The maximum absolute atomic E-state index is 12.2. The fourth-order valence-electron chi connectivity index (χ4n) is 3.64. The number of carbonyl (C=O) groups is 1. The molecule has 1 saturated carbocycles. The Morgan fingerprint density at radius 3 is 2.54 bits per heavy atom. The zero-order valence-electron chi connectivity index (χ0n) is 17.0. The lowest BCUT2D eigenvalue weighted by molar-refractivity contribution is 0.0394. The Morgan fingerprint density at radius 2 is 2.00 bits per heavy atom. The van der Waals surface area contributed by atoms with Gasteiger partial charge in [0.05, 0.1) is 24.1 Å². The van der Waals surface area contributed by atoms with Gasteiger partial charge < -0.3 is 19.9 Å². The molecule has 0 saturated heterocycles. The Balaban J connectivity index is 1.99. The van der Waals surface area contributed by atoms with E-state index in [1.165, 1.54) is 19.3 Å². The lowest BCUT2D eigenvalue weighted by Gasteiger charge is -2.31. The third-order valence-corrected chi connectivity index (χ3v) is 4.88. The highest BCUT2D eigenvalue weighted by Crippen LogP contribution is 2.29. The normalized spacial score (nSPS) is 22.9. The van der Waals surface area contributed by atoms with Gasteiger partial charge in [-0.2, -0.15) is 0 Å². The number of aliphatic hydroxyl groups is 1. The summed E-state index contributed by atoms with van der Waals surface area (Å²) in [5.41, 5.74) is -0.806. The Morgan fingerprint density at radius 1 is 1.35 bits per heavy atom. The first-order valence-electron chi connectivity index (χ1n) is 9.93. The predicted molar refractivity (Wildman–Crippen MR) is 102 cm³/mol. The fourth-order valence-corrected chi connectivity index (χ4v) is 3.64. The van der Waals surface area contributed by atoms with Crippen LogP contribution in [0.1, 0.15) is 79.6 Å². The van der Waals surface area contributed by atoms with Crippen LogP contribution in [0.2, 0.25) is 0 Å². The summed E-state index contributed by atoms with van der Waals surface area (Å²) in [6.07, 6.45) is 5.90. The summed E-state index contributed by atoms with van der Waals surface area (Å²) in [4.78, 5) is 16.8. The van der Waals surface area contributed by atoms with Crippen LogP contribution < -0.4 is 5.32 Å². The average Bonchev–Trinajstić information content (AvgIpc) is 2.84. The Hall–Kier alpha value is -1.30. The van der Waals surface area contributed by atoms with E-state index in [1.807, 2.05) is 34.6 Å². The minimum Gasteiger partial charge on any atom is -0.478 e. The second kappa shape index (κ2) is 8.59. The molecule has 6 heteroatoms. The molecule has 2 aliphatic rings. The van der Waals surface area contributed by atoms with Crippen molar-refractivity contribution in [1.82, 2.24) is 5.32 Å². The largest absolute Gasteiger partial charge is 0.478 e. The van der Waals surface area contributed by atoms with Crippen LogP contribution in [0.4, 0.5) is 4.79 Å². The number of rotatable bonds is 6. The van der Waals surface area contributed by atoms with Crippen LogP contribution in [0.15, 0.2) is 4.99 Å². The van der Waals surface area contributed by atoms with Crippen molar-refractivity contribution in [3.63, 3.8) is 0 Å². The first-order chi connectivity index (χ1) is 12.0. The van der Waals surface area contributed by atoms with Gasteiger partial charge in [0.15, 0.2) is 5.90 Å². The maximum atomic E-state index is 12.2. The smallest absolute Gasteiger partial charge is 0.407 e. The van der Waals surface area contributed by atoms with Crippen LogP contribution >= 0.6 is 0 Å². The van der Waals surface area contributed by atoms with E-state index in [1.54, 1.807) is 0 Å². The molecule has 150 valence electrons. The minimum absolute atomic E-state index is 0.244. The van der Waals surface area contributed by atoms with Crippen molar-refractivity contribution in [3.05, 3.63) is 0 Å².